The Labute approximate surface area is 121 Å². The predicted molar refractivity (Wildman–Crippen MR) is 78.0 cm³/mol. The molecule has 0 aromatic heterocycles. The molecule has 0 spiro atoms. The van der Waals surface area contributed by atoms with Gasteiger partial charge in [0.1, 0.15) is 6.61 Å². The second-order valence-corrected chi connectivity index (χ2v) is 5.28. The summed E-state index contributed by atoms with van der Waals surface area (Å²) in [5.41, 5.74) is 2.07. The van der Waals surface area contributed by atoms with Gasteiger partial charge in [0.05, 0.1) is 22.6 Å². The van der Waals surface area contributed by atoms with Crippen molar-refractivity contribution in [1.29, 1.82) is 0 Å². The second kappa shape index (κ2) is 7.21. The molecular weight excluding hydrogens is 434 g/mol. The van der Waals surface area contributed by atoms with Gasteiger partial charge in [0.15, 0.2) is 3.79 Å². The van der Waals surface area contributed by atoms with E-state index in [1.807, 2.05) is 24.3 Å². The number of aryl methyl sites for hydroxylation is 1. The highest BCUT2D eigenvalue weighted by Gasteiger charge is 2.00. The third kappa shape index (κ3) is 5.78. The van der Waals surface area contributed by atoms with Crippen LogP contribution in [0.1, 0.15) is 17.5 Å². The summed E-state index contributed by atoms with van der Waals surface area (Å²) < 4.78 is 4.72. The van der Waals surface area contributed by atoms with Crippen LogP contribution in [0.5, 0.6) is 0 Å². The van der Waals surface area contributed by atoms with E-state index in [-0.39, 0.29) is 7.77 Å². The van der Waals surface area contributed by atoms with E-state index in [0.29, 0.717) is 13.0 Å². The Morgan fingerprint density at radius 1 is 1.06 bits per heavy atom. The van der Waals surface area contributed by atoms with Gasteiger partial charge in [-0.2, -0.15) is 0 Å². The third-order valence-corrected chi connectivity index (χ3v) is 2.84. The van der Waals surface area contributed by atoms with Crippen molar-refractivity contribution in [3.8, 4) is 0 Å². The first-order valence-electron chi connectivity index (χ1n) is 4.66. The van der Waals surface area contributed by atoms with E-state index in [1.165, 1.54) is 0 Å². The standard InChI is InChI=1S/C11H10I2O3/c12-10(14)6-5-8-1-3-9(4-2-8)7-16-11(13)15/h1-4H,5-7H2. The van der Waals surface area contributed by atoms with Gasteiger partial charge in [-0.1, -0.05) is 24.3 Å². The number of halogens is 2. The van der Waals surface area contributed by atoms with E-state index in [9.17, 15) is 9.59 Å². The van der Waals surface area contributed by atoms with E-state index in [1.54, 1.807) is 45.2 Å². The summed E-state index contributed by atoms with van der Waals surface area (Å²) in [6, 6.07) is 7.73. The third-order valence-electron chi connectivity index (χ3n) is 1.99. The highest BCUT2D eigenvalue weighted by atomic mass is 127. The lowest BCUT2D eigenvalue weighted by Gasteiger charge is -2.03. The summed E-state index contributed by atoms with van der Waals surface area (Å²) in [5.74, 6) is 0. The topological polar surface area (TPSA) is 43.4 Å². The van der Waals surface area contributed by atoms with Crippen molar-refractivity contribution in [3.05, 3.63) is 35.4 Å². The summed E-state index contributed by atoms with van der Waals surface area (Å²) in [5, 5.41) is 0. The van der Waals surface area contributed by atoms with Crippen LogP contribution in [0.2, 0.25) is 0 Å². The maximum atomic E-state index is 10.8. The summed E-state index contributed by atoms with van der Waals surface area (Å²) in [6.07, 6.45) is 1.32. The van der Waals surface area contributed by atoms with Gasteiger partial charge < -0.3 is 4.74 Å². The van der Waals surface area contributed by atoms with Gasteiger partial charge in [0.25, 0.3) is 0 Å². The maximum Gasteiger partial charge on any atom is 0.367 e. The molecule has 16 heavy (non-hydrogen) atoms. The van der Waals surface area contributed by atoms with Crippen molar-refractivity contribution in [2.24, 2.45) is 0 Å². The van der Waals surface area contributed by atoms with Crippen LogP contribution in [0.4, 0.5) is 4.79 Å². The summed E-state index contributed by atoms with van der Waals surface area (Å²) in [7, 11) is 0. The minimum Gasteiger partial charge on any atom is -0.453 e. The molecule has 1 aromatic rings. The number of rotatable bonds is 5. The fourth-order valence-electron chi connectivity index (χ4n) is 1.18. The first-order chi connectivity index (χ1) is 7.58. The molecule has 0 unspecified atom stereocenters. The Morgan fingerprint density at radius 3 is 2.12 bits per heavy atom. The molecular formula is C11H10I2O3. The van der Waals surface area contributed by atoms with Crippen molar-refractivity contribution < 1.29 is 14.3 Å². The molecule has 0 radical (unpaired) electrons. The summed E-state index contributed by atoms with van der Waals surface area (Å²) in [4.78, 5) is 21.4. The van der Waals surface area contributed by atoms with Crippen LogP contribution in [0.15, 0.2) is 24.3 Å². The minimum absolute atomic E-state index is 0.167. The highest BCUT2D eigenvalue weighted by Crippen LogP contribution is 2.10. The Morgan fingerprint density at radius 2 is 1.62 bits per heavy atom. The van der Waals surface area contributed by atoms with Crippen LogP contribution >= 0.6 is 45.2 Å². The van der Waals surface area contributed by atoms with Crippen LogP contribution in [0, 0.1) is 0 Å². The quantitative estimate of drug-likeness (QED) is 0.515. The Balaban J connectivity index is 2.47. The van der Waals surface area contributed by atoms with Crippen molar-refractivity contribution in [3.63, 3.8) is 0 Å². The van der Waals surface area contributed by atoms with Gasteiger partial charge in [-0.3, -0.25) is 4.79 Å². The molecule has 1 rings (SSSR count). The average Bonchev–Trinajstić information content (AvgIpc) is 2.25. The van der Waals surface area contributed by atoms with Gasteiger partial charge in [-0.15, -0.1) is 0 Å². The van der Waals surface area contributed by atoms with E-state index in [0.717, 1.165) is 17.5 Å². The molecule has 0 aliphatic rings. The smallest absolute Gasteiger partial charge is 0.367 e. The molecule has 0 N–H and O–H groups in total. The number of hydrogen-bond acceptors (Lipinski definition) is 3. The van der Waals surface area contributed by atoms with Crippen molar-refractivity contribution in [2.45, 2.75) is 19.4 Å². The highest BCUT2D eigenvalue weighted by molar-refractivity contribution is 14.1. The van der Waals surface area contributed by atoms with E-state index in [2.05, 4.69) is 0 Å². The van der Waals surface area contributed by atoms with E-state index in [4.69, 9.17) is 4.74 Å². The average molecular weight is 444 g/mol. The van der Waals surface area contributed by atoms with Crippen molar-refractivity contribution in [2.75, 3.05) is 0 Å². The molecule has 0 bridgehead atoms. The van der Waals surface area contributed by atoms with E-state index < -0.39 is 0 Å². The van der Waals surface area contributed by atoms with Crippen LogP contribution in [0.25, 0.3) is 0 Å². The lowest BCUT2D eigenvalue weighted by atomic mass is 10.1. The van der Waals surface area contributed by atoms with Gasteiger partial charge >= 0.3 is 3.98 Å². The lowest BCUT2D eigenvalue weighted by molar-refractivity contribution is -0.109. The molecule has 0 fully saturated rings. The second-order valence-electron chi connectivity index (χ2n) is 3.20. The zero-order valence-electron chi connectivity index (χ0n) is 8.41. The molecule has 0 atom stereocenters. The first kappa shape index (κ1) is 13.9. The molecule has 1 aromatic carbocycles. The fraction of sp³-hybridized carbons (Fsp3) is 0.273. The number of ether oxygens (including phenoxy) is 1. The van der Waals surface area contributed by atoms with Crippen LogP contribution in [-0.4, -0.2) is 7.77 Å². The number of hydrogen-bond donors (Lipinski definition) is 0. The molecule has 0 saturated heterocycles. The Bertz CT molecular complexity index is 336. The molecule has 0 heterocycles. The Kier molecular flexibility index (Phi) is 6.25. The van der Waals surface area contributed by atoms with Gasteiger partial charge in [0.2, 0.25) is 0 Å². The molecule has 0 aliphatic carbocycles. The number of carbonyl (C=O) groups is 2. The molecule has 5 heteroatoms. The normalized spacial score (nSPS) is 9.88. The molecule has 0 saturated carbocycles. The fourth-order valence-corrected chi connectivity index (χ4v) is 1.61. The molecule has 0 aliphatic heterocycles. The van der Waals surface area contributed by atoms with Gasteiger partial charge in [-0.05, 0) is 40.1 Å². The maximum absolute atomic E-state index is 10.8. The molecule has 0 amide bonds. The van der Waals surface area contributed by atoms with Crippen molar-refractivity contribution >= 4 is 52.9 Å². The van der Waals surface area contributed by atoms with E-state index >= 15 is 0 Å². The van der Waals surface area contributed by atoms with Crippen molar-refractivity contribution in [1.82, 2.24) is 0 Å². The van der Waals surface area contributed by atoms with Crippen LogP contribution in [0.3, 0.4) is 0 Å². The number of benzene rings is 1. The molecule has 86 valence electrons. The Hall–Kier alpha value is -0.180. The summed E-state index contributed by atoms with van der Waals surface area (Å²) in [6.45, 7) is 0.299. The minimum atomic E-state index is -0.308. The zero-order chi connectivity index (χ0) is 12.0. The van der Waals surface area contributed by atoms with Crippen LogP contribution in [-0.2, 0) is 22.6 Å². The van der Waals surface area contributed by atoms with Gasteiger partial charge in [-0.25, -0.2) is 4.79 Å². The largest absolute Gasteiger partial charge is 0.453 e. The van der Waals surface area contributed by atoms with Crippen LogP contribution < -0.4 is 0 Å². The SMILES string of the molecule is O=C(I)CCc1ccc(COC(=O)I)cc1. The monoisotopic (exact) mass is 444 g/mol. The number of carbonyl (C=O) groups excluding carboxylic acids is 2. The zero-order valence-corrected chi connectivity index (χ0v) is 12.7. The predicted octanol–water partition coefficient (Wildman–Crippen LogP) is 3.65. The molecule has 3 nitrogen and oxygen atoms in total. The lowest BCUT2D eigenvalue weighted by Crippen LogP contribution is -1.95. The van der Waals surface area contributed by atoms with Gasteiger partial charge in [0, 0.05) is 6.42 Å². The first-order valence-corrected chi connectivity index (χ1v) is 6.82. The summed E-state index contributed by atoms with van der Waals surface area (Å²) >= 11 is 3.40.